The molecule has 0 unspecified atom stereocenters. The zero-order chi connectivity index (χ0) is 20.5. The summed E-state index contributed by atoms with van der Waals surface area (Å²) in [7, 11) is 0. The van der Waals surface area contributed by atoms with Gasteiger partial charge in [0.1, 0.15) is 5.78 Å². The van der Waals surface area contributed by atoms with E-state index in [0.717, 1.165) is 55.3 Å². The average Bonchev–Trinajstić information content (AvgIpc) is 3.00. The molecule has 0 amide bonds. The Hall–Kier alpha value is -0.370. The molecule has 28 heavy (non-hydrogen) atoms. The Morgan fingerprint density at radius 1 is 1.00 bits per heavy atom. The minimum absolute atomic E-state index is 0.173. The second-order valence-electron chi connectivity index (χ2n) is 11.6. The van der Waals surface area contributed by atoms with Gasteiger partial charge in [0, 0.05) is 18.4 Å². The van der Waals surface area contributed by atoms with Crippen molar-refractivity contribution in [1.82, 2.24) is 0 Å². The summed E-state index contributed by atoms with van der Waals surface area (Å²) < 4.78 is 0. The number of ketones is 1. The first-order chi connectivity index (χ1) is 13.2. The molecular formula is C26H46O2. The average molecular weight is 391 g/mol. The lowest BCUT2D eigenvalue weighted by Crippen LogP contribution is -2.52. The maximum absolute atomic E-state index is 12.9. The van der Waals surface area contributed by atoms with Gasteiger partial charge in [-0.25, -0.2) is 0 Å². The van der Waals surface area contributed by atoms with Crippen LogP contribution in [-0.2, 0) is 4.79 Å². The highest BCUT2D eigenvalue weighted by molar-refractivity contribution is 5.85. The van der Waals surface area contributed by atoms with Crippen molar-refractivity contribution in [2.24, 2.45) is 46.3 Å². The van der Waals surface area contributed by atoms with E-state index in [-0.39, 0.29) is 12.0 Å². The summed E-state index contributed by atoms with van der Waals surface area (Å²) in [5.74, 6) is 5.17. The quantitative estimate of drug-likeness (QED) is 0.504. The molecule has 1 N–H and O–H groups in total. The van der Waals surface area contributed by atoms with E-state index in [4.69, 9.17) is 0 Å². The van der Waals surface area contributed by atoms with E-state index in [0.29, 0.717) is 17.1 Å². The van der Waals surface area contributed by atoms with Crippen molar-refractivity contribution in [3.8, 4) is 0 Å². The molecule has 0 spiro atoms. The summed E-state index contributed by atoms with van der Waals surface area (Å²) >= 11 is 0. The van der Waals surface area contributed by atoms with Gasteiger partial charge >= 0.3 is 0 Å². The predicted octanol–water partition coefficient (Wildman–Crippen LogP) is 6.65. The van der Waals surface area contributed by atoms with Crippen LogP contribution in [0.25, 0.3) is 0 Å². The highest BCUT2D eigenvalue weighted by Gasteiger charge is 2.59. The van der Waals surface area contributed by atoms with Gasteiger partial charge in [-0.15, -0.1) is 0 Å². The van der Waals surface area contributed by atoms with Gasteiger partial charge in [-0.3, -0.25) is 4.79 Å². The molecule has 3 aliphatic carbocycles. The van der Waals surface area contributed by atoms with Crippen LogP contribution in [0.15, 0.2) is 0 Å². The van der Waals surface area contributed by atoms with Crippen LogP contribution in [0.3, 0.4) is 0 Å². The molecule has 0 saturated heterocycles. The Morgan fingerprint density at radius 2 is 1.75 bits per heavy atom. The molecule has 3 aliphatic rings. The van der Waals surface area contributed by atoms with Crippen LogP contribution >= 0.6 is 0 Å². The highest BCUT2D eigenvalue weighted by atomic mass is 16.3. The summed E-state index contributed by atoms with van der Waals surface area (Å²) in [6, 6.07) is 0. The first kappa shape index (κ1) is 22.3. The summed E-state index contributed by atoms with van der Waals surface area (Å²) in [5, 5.41) is 9.37. The number of aliphatic hydroxyl groups excluding tert-OH is 1. The third-order valence-corrected chi connectivity index (χ3v) is 9.65. The molecule has 3 saturated carbocycles. The van der Waals surface area contributed by atoms with Gasteiger partial charge in [0.25, 0.3) is 0 Å². The molecule has 162 valence electrons. The number of aliphatic hydroxyl groups is 1. The second-order valence-corrected chi connectivity index (χ2v) is 11.6. The van der Waals surface area contributed by atoms with Crippen molar-refractivity contribution in [3.05, 3.63) is 0 Å². The Morgan fingerprint density at radius 3 is 2.43 bits per heavy atom. The molecule has 0 heterocycles. The van der Waals surface area contributed by atoms with E-state index in [1.54, 1.807) is 0 Å². The molecule has 0 aromatic heterocycles. The highest BCUT2D eigenvalue weighted by Crippen LogP contribution is 2.65. The Kier molecular flexibility index (Phi) is 7.00. The van der Waals surface area contributed by atoms with Crippen molar-refractivity contribution in [1.29, 1.82) is 0 Å². The Balaban J connectivity index is 1.72. The van der Waals surface area contributed by atoms with Gasteiger partial charge in [-0.2, -0.15) is 0 Å². The number of hydrogen-bond acceptors (Lipinski definition) is 2. The molecule has 3 fully saturated rings. The molecule has 2 nitrogen and oxygen atoms in total. The first-order valence-corrected chi connectivity index (χ1v) is 12.4. The van der Waals surface area contributed by atoms with Gasteiger partial charge in [-0.05, 0) is 85.9 Å². The molecule has 0 aliphatic heterocycles. The topological polar surface area (TPSA) is 37.3 Å². The Labute approximate surface area is 174 Å². The summed E-state index contributed by atoms with van der Waals surface area (Å²) in [5.41, 5.74) is 0.324. The summed E-state index contributed by atoms with van der Waals surface area (Å²) in [6.45, 7) is 12.3. The monoisotopic (exact) mass is 390 g/mol. The minimum Gasteiger partial charge on any atom is -0.396 e. The van der Waals surface area contributed by atoms with Crippen LogP contribution in [0, 0.1) is 46.3 Å². The van der Waals surface area contributed by atoms with E-state index in [9.17, 15) is 9.90 Å². The molecule has 2 heteroatoms. The minimum atomic E-state index is -0.173. The lowest BCUT2D eigenvalue weighted by Gasteiger charge is -2.56. The third-order valence-electron chi connectivity index (χ3n) is 9.65. The number of hydrogen-bond donors (Lipinski definition) is 1. The molecule has 7 atom stereocenters. The van der Waals surface area contributed by atoms with Crippen molar-refractivity contribution in [2.75, 3.05) is 6.61 Å². The van der Waals surface area contributed by atoms with Crippen LogP contribution in [0.4, 0.5) is 0 Å². The van der Waals surface area contributed by atoms with Gasteiger partial charge in [-0.1, -0.05) is 53.9 Å². The number of carbonyl (C=O) groups excluding carboxylic acids is 1. The van der Waals surface area contributed by atoms with E-state index in [1.165, 1.54) is 44.9 Å². The van der Waals surface area contributed by atoms with Gasteiger partial charge in [0.15, 0.2) is 0 Å². The normalized spacial score (nSPS) is 41.8. The first-order valence-electron chi connectivity index (χ1n) is 12.4. The predicted molar refractivity (Wildman–Crippen MR) is 117 cm³/mol. The third kappa shape index (κ3) is 3.96. The van der Waals surface area contributed by atoms with Crippen molar-refractivity contribution >= 4 is 5.78 Å². The van der Waals surface area contributed by atoms with Crippen LogP contribution < -0.4 is 0 Å². The number of Topliss-reactive ketones (excluding diaryl/α,β-unsaturated/α-hetero) is 1. The molecule has 0 bridgehead atoms. The van der Waals surface area contributed by atoms with Crippen LogP contribution in [0.5, 0.6) is 0 Å². The van der Waals surface area contributed by atoms with E-state index in [1.807, 2.05) is 0 Å². The molecule has 0 aromatic carbocycles. The van der Waals surface area contributed by atoms with Crippen LogP contribution in [0.1, 0.15) is 105 Å². The van der Waals surface area contributed by atoms with E-state index < -0.39 is 0 Å². The maximum atomic E-state index is 12.9. The maximum Gasteiger partial charge on any atom is 0.139 e. The van der Waals surface area contributed by atoms with E-state index >= 15 is 0 Å². The van der Waals surface area contributed by atoms with Crippen LogP contribution in [0.2, 0.25) is 0 Å². The van der Waals surface area contributed by atoms with E-state index in [2.05, 4.69) is 34.6 Å². The van der Waals surface area contributed by atoms with Gasteiger partial charge < -0.3 is 5.11 Å². The fourth-order valence-electron chi connectivity index (χ4n) is 8.07. The number of rotatable bonds is 8. The standard InChI is InChI=1S/C26H46O2/c1-18(2)8-6-9-19(3)21-11-12-22-20-10-13-24(28)26(5,15-7-17-27)23(20)14-16-25(21,22)4/h18-23,27H,6-17H2,1-5H3/t19-,20+,21-,22+,23+,25-,26-/m1/s1. The molecule has 0 aromatic rings. The summed E-state index contributed by atoms with van der Waals surface area (Å²) in [4.78, 5) is 12.9. The largest absolute Gasteiger partial charge is 0.396 e. The fraction of sp³-hybridized carbons (Fsp3) is 0.962. The second kappa shape index (κ2) is 8.78. The number of fused-ring (bicyclic) bond motifs is 3. The fourth-order valence-corrected chi connectivity index (χ4v) is 8.07. The number of carbonyl (C=O) groups is 1. The summed E-state index contributed by atoms with van der Waals surface area (Å²) in [6.07, 6.45) is 13.1. The van der Waals surface area contributed by atoms with Crippen molar-refractivity contribution in [3.63, 3.8) is 0 Å². The SMILES string of the molecule is CC(C)CCC[C@@H](C)[C@H]1CC[C@H]2[C@@H]3CCC(=O)[C@](C)(CCCO)[C@H]3CC[C@]12C. The smallest absolute Gasteiger partial charge is 0.139 e. The van der Waals surface area contributed by atoms with Gasteiger partial charge in [0.05, 0.1) is 0 Å². The zero-order valence-electron chi connectivity index (χ0n) is 19.3. The van der Waals surface area contributed by atoms with Crippen molar-refractivity contribution in [2.45, 2.75) is 105 Å². The van der Waals surface area contributed by atoms with Crippen molar-refractivity contribution < 1.29 is 9.90 Å². The lowest BCUT2D eigenvalue weighted by molar-refractivity contribution is -0.146. The molecule has 3 rings (SSSR count). The molecule has 0 radical (unpaired) electrons. The molecular weight excluding hydrogens is 344 g/mol. The Bertz CT molecular complexity index is 541. The zero-order valence-corrected chi connectivity index (χ0v) is 19.3. The lowest BCUT2D eigenvalue weighted by atomic mass is 9.48. The van der Waals surface area contributed by atoms with Gasteiger partial charge in [0.2, 0.25) is 0 Å². The van der Waals surface area contributed by atoms with Crippen LogP contribution in [-0.4, -0.2) is 17.5 Å².